The van der Waals surface area contributed by atoms with Crippen molar-refractivity contribution in [1.29, 1.82) is 0 Å². The van der Waals surface area contributed by atoms with Crippen molar-refractivity contribution >= 4 is 16.0 Å². The summed E-state index contributed by atoms with van der Waals surface area (Å²) in [5.41, 5.74) is -0.480. The molecule has 0 saturated carbocycles. The van der Waals surface area contributed by atoms with Crippen LogP contribution < -0.4 is 0 Å². The van der Waals surface area contributed by atoms with Gasteiger partial charge in [-0.05, 0) is 20.8 Å². The van der Waals surface area contributed by atoms with E-state index < -0.39 is 15.6 Å². The topological polar surface area (TPSA) is 66.9 Å². The van der Waals surface area contributed by atoms with Crippen LogP contribution in [0.25, 0.3) is 0 Å². The first kappa shape index (κ1) is 15.4. The first-order valence-electron chi connectivity index (χ1n) is 5.97. The van der Waals surface area contributed by atoms with Crippen molar-refractivity contribution in [1.82, 2.24) is 9.21 Å². The van der Waals surface area contributed by atoms with Crippen LogP contribution in [-0.4, -0.2) is 68.2 Å². The summed E-state index contributed by atoms with van der Waals surface area (Å²) in [6.45, 7) is 7.68. The first-order valence-corrected chi connectivity index (χ1v) is 7.82. The molecule has 0 aromatic heterocycles. The molecular weight excluding hydrogens is 256 g/mol. The van der Waals surface area contributed by atoms with E-state index in [2.05, 4.69) is 0 Å². The van der Waals surface area contributed by atoms with E-state index in [-0.39, 0.29) is 12.5 Å². The maximum Gasteiger partial charge on any atom is 0.320 e. The maximum absolute atomic E-state index is 11.6. The van der Waals surface area contributed by atoms with E-state index in [0.29, 0.717) is 26.2 Å². The molecule has 0 spiro atoms. The molecule has 0 aromatic carbocycles. The molecule has 0 N–H and O–H groups in total. The van der Waals surface area contributed by atoms with Crippen LogP contribution in [-0.2, 0) is 19.6 Å². The van der Waals surface area contributed by atoms with Gasteiger partial charge in [-0.15, -0.1) is 0 Å². The summed E-state index contributed by atoms with van der Waals surface area (Å²) in [6, 6.07) is 0. The monoisotopic (exact) mass is 278 g/mol. The number of sulfonamides is 1. The molecule has 1 saturated heterocycles. The molecule has 0 aromatic rings. The summed E-state index contributed by atoms with van der Waals surface area (Å²) >= 11 is 0. The molecule has 1 fully saturated rings. The normalized spacial score (nSPS) is 19.8. The van der Waals surface area contributed by atoms with Gasteiger partial charge in [0.2, 0.25) is 10.0 Å². The standard InChI is InChI=1S/C11H22N2O4S/c1-11(2,3)17-10(14)9-12-5-7-13(8-6-12)18(4,15)16/h5-9H2,1-4H3. The van der Waals surface area contributed by atoms with E-state index in [0.717, 1.165) is 0 Å². The maximum atomic E-state index is 11.6. The van der Waals surface area contributed by atoms with Crippen molar-refractivity contribution in [3.63, 3.8) is 0 Å². The number of carbonyl (C=O) groups is 1. The third-order valence-corrected chi connectivity index (χ3v) is 3.88. The SMILES string of the molecule is CC(C)(C)OC(=O)CN1CCN(S(C)(=O)=O)CC1. The fourth-order valence-electron chi connectivity index (χ4n) is 1.78. The van der Waals surface area contributed by atoms with Crippen molar-refractivity contribution in [3.05, 3.63) is 0 Å². The minimum atomic E-state index is -3.12. The fourth-order valence-corrected chi connectivity index (χ4v) is 2.60. The second kappa shape index (κ2) is 5.54. The Balaban J connectivity index is 2.38. The number of esters is 1. The number of ether oxygens (including phenoxy) is 1. The zero-order valence-electron chi connectivity index (χ0n) is 11.5. The van der Waals surface area contributed by atoms with Crippen molar-refractivity contribution < 1.29 is 17.9 Å². The van der Waals surface area contributed by atoms with Gasteiger partial charge in [-0.25, -0.2) is 8.42 Å². The van der Waals surface area contributed by atoms with Gasteiger partial charge in [0.25, 0.3) is 0 Å². The second-order valence-electron chi connectivity index (χ2n) is 5.52. The average molecular weight is 278 g/mol. The first-order chi connectivity index (χ1) is 8.08. The van der Waals surface area contributed by atoms with Gasteiger partial charge in [-0.1, -0.05) is 0 Å². The van der Waals surface area contributed by atoms with Crippen molar-refractivity contribution in [2.45, 2.75) is 26.4 Å². The van der Waals surface area contributed by atoms with Crippen LogP contribution in [0.3, 0.4) is 0 Å². The average Bonchev–Trinajstić information content (AvgIpc) is 2.13. The molecule has 1 aliphatic rings. The van der Waals surface area contributed by atoms with E-state index in [4.69, 9.17) is 4.74 Å². The Labute approximate surface area is 109 Å². The van der Waals surface area contributed by atoms with Crippen LogP contribution in [0.4, 0.5) is 0 Å². The lowest BCUT2D eigenvalue weighted by Crippen LogP contribution is -2.50. The van der Waals surface area contributed by atoms with Gasteiger partial charge in [0.05, 0.1) is 12.8 Å². The molecule has 0 amide bonds. The lowest BCUT2D eigenvalue weighted by atomic mass is 10.2. The van der Waals surface area contributed by atoms with Gasteiger partial charge in [0, 0.05) is 26.2 Å². The predicted molar refractivity (Wildman–Crippen MR) is 68.7 cm³/mol. The van der Waals surface area contributed by atoms with E-state index in [1.165, 1.54) is 10.6 Å². The molecule has 0 bridgehead atoms. The number of carbonyl (C=O) groups excluding carboxylic acids is 1. The van der Waals surface area contributed by atoms with Gasteiger partial charge >= 0.3 is 5.97 Å². The van der Waals surface area contributed by atoms with Crippen molar-refractivity contribution in [2.75, 3.05) is 39.0 Å². The van der Waals surface area contributed by atoms with Crippen LogP contribution >= 0.6 is 0 Å². The van der Waals surface area contributed by atoms with Crippen LogP contribution in [0.5, 0.6) is 0 Å². The van der Waals surface area contributed by atoms with Crippen LogP contribution in [0, 0.1) is 0 Å². The van der Waals surface area contributed by atoms with Gasteiger partial charge in [-0.2, -0.15) is 4.31 Å². The minimum absolute atomic E-state index is 0.217. The molecule has 0 atom stereocenters. The Morgan fingerprint density at radius 1 is 1.17 bits per heavy atom. The van der Waals surface area contributed by atoms with E-state index in [1.807, 2.05) is 25.7 Å². The molecule has 1 rings (SSSR count). The lowest BCUT2D eigenvalue weighted by Gasteiger charge is -2.33. The highest BCUT2D eigenvalue weighted by Gasteiger charge is 2.25. The van der Waals surface area contributed by atoms with E-state index in [9.17, 15) is 13.2 Å². The van der Waals surface area contributed by atoms with Crippen molar-refractivity contribution in [2.24, 2.45) is 0 Å². The zero-order chi connectivity index (χ0) is 14.0. The third kappa shape index (κ3) is 5.32. The summed E-state index contributed by atoms with van der Waals surface area (Å²) in [5.74, 6) is -0.268. The molecule has 0 unspecified atom stereocenters. The summed E-state index contributed by atoms with van der Waals surface area (Å²) < 4.78 is 29.3. The zero-order valence-corrected chi connectivity index (χ0v) is 12.3. The molecule has 18 heavy (non-hydrogen) atoms. The van der Waals surface area contributed by atoms with Gasteiger partial charge in [-0.3, -0.25) is 9.69 Å². The number of hydrogen-bond donors (Lipinski definition) is 0. The third-order valence-electron chi connectivity index (χ3n) is 2.57. The molecule has 6 nitrogen and oxygen atoms in total. The largest absolute Gasteiger partial charge is 0.459 e. The Bertz CT molecular complexity index is 392. The Morgan fingerprint density at radius 2 is 1.67 bits per heavy atom. The van der Waals surface area contributed by atoms with Crippen LogP contribution in [0.15, 0.2) is 0 Å². The number of hydrogen-bond acceptors (Lipinski definition) is 5. The lowest BCUT2D eigenvalue weighted by molar-refractivity contribution is -0.156. The highest BCUT2D eigenvalue weighted by molar-refractivity contribution is 7.88. The highest BCUT2D eigenvalue weighted by Crippen LogP contribution is 2.09. The quantitative estimate of drug-likeness (QED) is 0.675. The fraction of sp³-hybridized carbons (Fsp3) is 0.909. The minimum Gasteiger partial charge on any atom is -0.459 e. The smallest absolute Gasteiger partial charge is 0.320 e. The second-order valence-corrected chi connectivity index (χ2v) is 7.51. The molecular formula is C11H22N2O4S. The molecule has 106 valence electrons. The van der Waals surface area contributed by atoms with Crippen LogP contribution in [0.1, 0.15) is 20.8 Å². The highest BCUT2D eigenvalue weighted by atomic mass is 32.2. The molecule has 1 aliphatic heterocycles. The Morgan fingerprint density at radius 3 is 2.06 bits per heavy atom. The summed E-state index contributed by atoms with van der Waals surface area (Å²) in [6.07, 6.45) is 1.20. The summed E-state index contributed by atoms with van der Waals surface area (Å²) in [7, 11) is -3.12. The molecule has 1 heterocycles. The van der Waals surface area contributed by atoms with E-state index >= 15 is 0 Å². The number of rotatable bonds is 3. The Hall–Kier alpha value is -0.660. The predicted octanol–water partition coefficient (Wildman–Crippen LogP) is -0.0947. The summed E-state index contributed by atoms with van der Waals surface area (Å²) in [5, 5.41) is 0. The van der Waals surface area contributed by atoms with Gasteiger partial charge in [0.15, 0.2) is 0 Å². The Kier molecular flexibility index (Phi) is 4.74. The molecule has 7 heteroatoms. The van der Waals surface area contributed by atoms with Crippen molar-refractivity contribution in [3.8, 4) is 0 Å². The number of piperazine rings is 1. The summed E-state index contributed by atoms with van der Waals surface area (Å²) in [4.78, 5) is 13.5. The number of nitrogens with zero attached hydrogens (tertiary/aromatic N) is 2. The van der Waals surface area contributed by atoms with Crippen LogP contribution in [0.2, 0.25) is 0 Å². The molecule has 0 aliphatic carbocycles. The van der Waals surface area contributed by atoms with Gasteiger partial charge in [0.1, 0.15) is 5.60 Å². The van der Waals surface area contributed by atoms with Gasteiger partial charge < -0.3 is 4.74 Å². The molecule has 0 radical (unpaired) electrons. The van der Waals surface area contributed by atoms with E-state index in [1.54, 1.807) is 0 Å².